The van der Waals surface area contributed by atoms with Gasteiger partial charge in [0.2, 0.25) is 0 Å². The van der Waals surface area contributed by atoms with Gasteiger partial charge in [0.05, 0.1) is 16.3 Å². The van der Waals surface area contributed by atoms with E-state index in [1.54, 1.807) is 11.3 Å². The molecule has 0 aliphatic rings. The molecule has 2 heterocycles. The first-order valence-electron chi connectivity index (χ1n) is 8.57. The van der Waals surface area contributed by atoms with Gasteiger partial charge in [-0.15, -0.1) is 11.3 Å². The highest BCUT2D eigenvalue weighted by Gasteiger charge is 2.22. The average Bonchev–Trinajstić information content (AvgIpc) is 3.19. The molecule has 4 rings (SSSR count). The van der Waals surface area contributed by atoms with E-state index in [0.29, 0.717) is 11.1 Å². The zero-order chi connectivity index (χ0) is 18.1. The molecular weight excluding hydrogens is 342 g/mol. The normalized spacial score (nSPS) is 12.2. The van der Waals surface area contributed by atoms with E-state index >= 15 is 0 Å². The van der Waals surface area contributed by atoms with E-state index in [1.165, 1.54) is 0 Å². The van der Waals surface area contributed by atoms with Gasteiger partial charge in [-0.05, 0) is 19.4 Å². The van der Waals surface area contributed by atoms with Crippen LogP contribution < -0.4 is 5.32 Å². The first-order chi connectivity index (χ1) is 12.6. The third-order valence-corrected chi connectivity index (χ3v) is 5.51. The summed E-state index contributed by atoms with van der Waals surface area (Å²) in [5.41, 5.74) is 3.39. The van der Waals surface area contributed by atoms with Gasteiger partial charge in [0.15, 0.2) is 5.58 Å². The minimum absolute atomic E-state index is 0.0680. The maximum Gasteiger partial charge on any atom is 0.256 e. The van der Waals surface area contributed by atoms with Crippen molar-refractivity contribution in [2.24, 2.45) is 0 Å². The lowest BCUT2D eigenvalue weighted by molar-refractivity contribution is 0.0940. The Morgan fingerprint density at radius 2 is 1.69 bits per heavy atom. The maximum absolute atomic E-state index is 12.9. The van der Waals surface area contributed by atoms with E-state index in [-0.39, 0.29) is 11.9 Å². The minimum atomic E-state index is -0.0981. The number of hydrogen-bond donors (Lipinski definition) is 1. The van der Waals surface area contributed by atoms with Gasteiger partial charge < -0.3 is 9.73 Å². The van der Waals surface area contributed by atoms with Gasteiger partial charge in [-0.3, -0.25) is 4.79 Å². The van der Waals surface area contributed by atoms with E-state index in [1.807, 2.05) is 80.6 Å². The molecule has 2 aromatic heterocycles. The molecule has 1 unspecified atom stereocenters. The van der Waals surface area contributed by atoms with Crippen molar-refractivity contribution in [2.75, 3.05) is 0 Å². The molecule has 0 radical (unpaired) electrons. The highest BCUT2D eigenvalue weighted by molar-refractivity contribution is 7.19. The Labute approximate surface area is 156 Å². The van der Waals surface area contributed by atoms with E-state index in [2.05, 4.69) is 5.32 Å². The molecule has 1 atom stereocenters. The summed E-state index contributed by atoms with van der Waals surface area (Å²) < 4.78 is 7.06. The van der Waals surface area contributed by atoms with E-state index in [4.69, 9.17) is 4.42 Å². The van der Waals surface area contributed by atoms with Crippen LogP contribution in [0.4, 0.5) is 0 Å². The molecule has 4 heteroatoms. The number of carbonyl (C=O) groups is 1. The summed E-state index contributed by atoms with van der Waals surface area (Å²) >= 11 is 1.59. The van der Waals surface area contributed by atoms with Crippen molar-refractivity contribution in [3.05, 3.63) is 82.7 Å². The van der Waals surface area contributed by atoms with Crippen molar-refractivity contribution in [1.29, 1.82) is 0 Å². The molecule has 26 heavy (non-hydrogen) atoms. The quantitative estimate of drug-likeness (QED) is 0.487. The topological polar surface area (TPSA) is 42.2 Å². The second-order valence-electron chi connectivity index (χ2n) is 6.31. The van der Waals surface area contributed by atoms with Crippen molar-refractivity contribution in [3.63, 3.8) is 0 Å². The number of nitrogens with one attached hydrogen (secondary N) is 1. The molecule has 0 aliphatic carbocycles. The van der Waals surface area contributed by atoms with Crippen LogP contribution in [0.25, 0.3) is 21.6 Å². The van der Waals surface area contributed by atoms with Crippen molar-refractivity contribution in [3.8, 4) is 11.3 Å². The van der Waals surface area contributed by atoms with Gasteiger partial charge in [0.25, 0.3) is 5.91 Å². The van der Waals surface area contributed by atoms with Crippen LogP contribution in [0, 0.1) is 6.92 Å². The van der Waals surface area contributed by atoms with Crippen LogP contribution in [0.1, 0.15) is 33.8 Å². The smallest absolute Gasteiger partial charge is 0.256 e. The van der Waals surface area contributed by atoms with Crippen LogP contribution in [0.5, 0.6) is 0 Å². The zero-order valence-electron chi connectivity index (χ0n) is 14.7. The molecule has 0 spiro atoms. The van der Waals surface area contributed by atoms with Crippen LogP contribution in [0.15, 0.2) is 71.1 Å². The van der Waals surface area contributed by atoms with Gasteiger partial charge in [-0.1, -0.05) is 60.7 Å². The van der Waals surface area contributed by atoms with Crippen LogP contribution in [-0.2, 0) is 0 Å². The highest BCUT2D eigenvalue weighted by Crippen LogP contribution is 2.37. The molecule has 0 fully saturated rings. The average molecular weight is 361 g/mol. The summed E-state index contributed by atoms with van der Waals surface area (Å²) in [6, 6.07) is 21.8. The lowest BCUT2D eigenvalue weighted by Crippen LogP contribution is -2.26. The Bertz CT molecular complexity index is 1050. The molecular formula is C22H19NO2S. The number of thiophene rings is 1. The van der Waals surface area contributed by atoms with Crippen molar-refractivity contribution >= 4 is 27.5 Å². The first-order valence-corrected chi connectivity index (χ1v) is 9.39. The Morgan fingerprint density at radius 1 is 1.04 bits per heavy atom. The van der Waals surface area contributed by atoms with E-state index in [9.17, 15) is 4.79 Å². The summed E-state index contributed by atoms with van der Waals surface area (Å²) in [6.45, 7) is 3.95. The molecule has 1 amide bonds. The largest absolute Gasteiger partial charge is 0.454 e. The summed E-state index contributed by atoms with van der Waals surface area (Å²) in [5, 5.41) is 3.09. The van der Waals surface area contributed by atoms with Crippen molar-refractivity contribution in [1.82, 2.24) is 5.32 Å². The van der Waals surface area contributed by atoms with E-state index < -0.39 is 0 Å². The standard InChI is InChI=1S/C22H19NO2S/c1-14(16-9-5-3-6-10-16)23-22(24)20-15(2)26-19-13-18(25-21(19)20)17-11-7-4-8-12-17/h3-14H,1-2H3,(H,23,24). The van der Waals surface area contributed by atoms with Crippen LogP contribution in [0.3, 0.4) is 0 Å². The summed E-state index contributed by atoms with van der Waals surface area (Å²) in [7, 11) is 0. The Hall–Kier alpha value is -2.85. The second-order valence-corrected chi connectivity index (χ2v) is 7.57. The number of amides is 1. The van der Waals surface area contributed by atoms with Gasteiger partial charge in [-0.25, -0.2) is 0 Å². The fraction of sp³-hybridized carbons (Fsp3) is 0.136. The molecule has 1 N–H and O–H groups in total. The molecule has 0 aliphatic heterocycles. The molecule has 0 saturated heterocycles. The number of aryl methyl sites for hydroxylation is 1. The predicted molar refractivity (Wildman–Crippen MR) is 107 cm³/mol. The number of fused-ring (bicyclic) bond motifs is 1. The lowest BCUT2D eigenvalue weighted by Gasteiger charge is -2.14. The molecule has 3 nitrogen and oxygen atoms in total. The molecule has 0 bridgehead atoms. The van der Waals surface area contributed by atoms with E-state index in [0.717, 1.165) is 26.5 Å². The van der Waals surface area contributed by atoms with Gasteiger partial charge in [-0.2, -0.15) is 0 Å². The highest BCUT2D eigenvalue weighted by atomic mass is 32.1. The molecule has 2 aromatic carbocycles. The summed E-state index contributed by atoms with van der Waals surface area (Å²) in [6.07, 6.45) is 0. The number of furan rings is 1. The van der Waals surface area contributed by atoms with Crippen molar-refractivity contribution < 1.29 is 9.21 Å². The van der Waals surface area contributed by atoms with Crippen LogP contribution >= 0.6 is 11.3 Å². The minimum Gasteiger partial charge on any atom is -0.454 e. The SMILES string of the molecule is Cc1sc2cc(-c3ccccc3)oc2c1C(=O)NC(C)c1ccccc1. The fourth-order valence-electron chi connectivity index (χ4n) is 3.10. The fourth-order valence-corrected chi connectivity index (χ4v) is 4.12. The van der Waals surface area contributed by atoms with Crippen molar-refractivity contribution in [2.45, 2.75) is 19.9 Å². The Kier molecular flexibility index (Phi) is 4.35. The monoisotopic (exact) mass is 361 g/mol. The number of benzene rings is 2. The first kappa shape index (κ1) is 16.6. The number of rotatable bonds is 4. The number of carbonyl (C=O) groups excluding carboxylic acids is 1. The van der Waals surface area contributed by atoms with Crippen LogP contribution in [-0.4, -0.2) is 5.91 Å². The van der Waals surface area contributed by atoms with Gasteiger partial charge >= 0.3 is 0 Å². The Morgan fingerprint density at radius 3 is 2.38 bits per heavy atom. The molecule has 0 saturated carbocycles. The van der Waals surface area contributed by atoms with Crippen LogP contribution in [0.2, 0.25) is 0 Å². The summed E-state index contributed by atoms with van der Waals surface area (Å²) in [4.78, 5) is 13.9. The van der Waals surface area contributed by atoms with Gasteiger partial charge in [0.1, 0.15) is 5.76 Å². The zero-order valence-corrected chi connectivity index (χ0v) is 15.5. The molecule has 130 valence electrons. The molecule has 4 aromatic rings. The third kappa shape index (κ3) is 3.04. The second kappa shape index (κ2) is 6.81. The third-order valence-electron chi connectivity index (χ3n) is 4.47. The van der Waals surface area contributed by atoms with Gasteiger partial charge in [0, 0.05) is 16.5 Å². The predicted octanol–water partition coefficient (Wildman–Crippen LogP) is 5.96. The summed E-state index contributed by atoms with van der Waals surface area (Å²) in [5.74, 6) is 0.691. The number of hydrogen-bond acceptors (Lipinski definition) is 3. The Balaban J connectivity index is 1.66. The lowest BCUT2D eigenvalue weighted by atomic mass is 10.1. The maximum atomic E-state index is 12.9.